The van der Waals surface area contributed by atoms with Gasteiger partial charge in [0.25, 0.3) is 0 Å². The Balaban J connectivity index is 1.66. The molecule has 3 aromatic carbocycles. The van der Waals surface area contributed by atoms with Crippen LogP contribution in [0.15, 0.2) is 84.9 Å². The van der Waals surface area contributed by atoms with E-state index >= 15 is 0 Å². The lowest BCUT2D eigenvalue weighted by Crippen LogP contribution is -2.36. The van der Waals surface area contributed by atoms with Crippen LogP contribution in [0.4, 0.5) is 0 Å². The van der Waals surface area contributed by atoms with Crippen LogP contribution in [0, 0.1) is 12.8 Å². The normalized spacial score (nSPS) is 16.3. The van der Waals surface area contributed by atoms with Gasteiger partial charge in [-0.25, -0.2) is 0 Å². The van der Waals surface area contributed by atoms with Gasteiger partial charge >= 0.3 is 0 Å². The van der Waals surface area contributed by atoms with Crippen LogP contribution < -0.4 is 5.32 Å². The van der Waals surface area contributed by atoms with Crippen LogP contribution in [-0.4, -0.2) is 5.91 Å². The molecule has 1 N–H and O–H groups in total. The van der Waals surface area contributed by atoms with Crippen molar-refractivity contribution in [3.63, 3.8) is 0 Å². The Morgan fingerprint density at radius 1 is 0.759 bits per heavy atom. The summed E-state index contributed by atoms with van der Waals surface area (Å²) < 4.78 is 0. The second-order valence-corrected chi connectivity index (χ2v) is 8.20. The van der Waals surface area contributed by atoms with Crippen molar-refractivity contribution in [3.8, 4) is 0 Å². The topological polar surface area (TPSA) is 29.1 Å². The number of aryl methyl sites for hydroxylation is 1. The van der Waals surface area contributed by atoms with E-state index in [4.69, 9.17) is 0 Å². The van der Waals surface area contributed by atoms with Crippen molar-refractivity contribution in [3.05, 3.63) is 107 Å². The van der Waals surface area contributed by atoms with E-state index in [0.717, 1.165) is 29.5 Å². The molecule has 0 aromatic heterocycles. The molecule has 2 nitrogen and oxygen atoms in total. The molecule has 0 radical (unpaired) electrons. The lowest BCUT2D eigenvalue weighted by Gasteiger charge is -2.27. The van der Waals surface area contributed by atoms with E-state index in [0.29, 0.717) is 5.92 Å². The predicted molar refractivity (Wildman–Crippen MR) is 119 cm³/mol. The highest BCUT2D eigenvalue weighted by Crippen LogP contribution is 2.38. The number of rotatable bonds is 6. The van der Waals surface area contributed by atoms with Crippen molar-refractivity contribution in [1.29, 1.82) is 0 Å². The molecule has 1 saturated carbocycles. The average Bonchev–Trinajstić information content (AvgIpc) is 3.29. The molecule has 1 amide bonds. The number of hydrogen-bond donors (Lipinski definition) is 1. The van der Waals surface area contributed by atoms with E-state index in [1.54, 1.807) is 0 Å². The maximum absolute atomic E-state index is 13.6. The first kappa shape index (κ1) is 19.4. The Morgan fingerprint density at radius 3 is 1.86 bits per heavy atom. The molecule has 4 rings (SSSR count). The molecule has 2 heteroatoms. The SMILES string of the molecule is Cc1ccc([C@@H](NC(=O)[C@@H](c2ccccc2)C2CCCC2)c2ccccc2)cc1. The Hall–Kier alpha value is -2.87. The molecule has 0 saturated heterocycles. The first-order chi connectivity index (χ1) is 14.2. The minimum atomic E-state index is -0.142. The van der Waals surface area contributed by atoms with Crippen LogP contribution in [0.2, 0.25) is 0 Å². The van der Waals surface area contributed by atoms with E-state index < -0.39 is 0 Å². The van der Waals surface area contributed by atoms with Crippen LogP contribution in [0.25, 0.3) is 0 Å². The maximum atomic E-state index is 13.6. The number of nitrogens with one attached hydrogen (secondary N) is 1. The molecule has 3 aromatic rings. The Bertz CT molecular complexity index is 912. The molecule has 148 valence electrons. The first-order valence-electron chi connectivity index (χ1n) is 10.7. The third-order valence-corrected chi connectivity index (χ3v) is 6.14. The highest BCUT2D eigenvalue weighted by Gasteiger charge is 2.33. The van der Waals surface area contributed by atoms with Crippen molar-refractivity contribution in [2.75, 3.05) is 0 Å². The second kappa shape index (κ2) is 9.09. The van der Waals surface area contributed by atoms with Gasteiger partial charge in [0.15, 0.2) is 0 Å². The molecule has 1 aliphatic rings. The number of hydrogen-bond acceptors (Lipinski definition) is 1. The van der Waals surface area contributed by atoms with Gasteiger partial charge in [-0.1, -0.05) is 103 Å². The third kappa shape index (κ3) is 4.59. The second-order valence-electron chi connectivity index (χ2n) is 8.20. The lowest BCUT2D eigenvalue weighted by molar-refractivity contribution is -0.124. The lowest BCUT2D eigenvalue weighted by atomic mass is 9.83. The molecule has 0 unspecified atom stereocenters. The minimum Gasteiger partial charge on any atom is -0.345 e. The smallest absolute Gasteiger partial charge is 0.228 e. The summed E-state index contributed by atoms with van der Waals surface area (Å²) in [5.41, 5.74) is 4.59. The molecule has 29 heavy (non-hydrogen) atoms. The van der Waals surface area contributed by atoms with Crippen molar-refractivity contribution in [2.24, 2.45) is 5.92 Å². The summed E-state index contributed by atoms with van der Waals surface area (Å²) in [6.45, 7) is 2.09. The van der Waals surface area contributed by atoms with Gasteiger partial charge in [-0.05, 0) is 42.4 Å². The number of carbonyl (C=O) groups is 1. The maximum Gasteiger partial charge on any atom is 0.228 e. The van der Waals surface area contributed by atoms with Crippen LogP contribution in [0.1, 0.15) is 59.9 Å². The fourth-order valence-electron chi connectivity index (χ4n) is 4.58. The summed E-state index contributed by atoms with van der Waals surface area (Å²) in [6.07, 6.45) is 4.71. The van der Waals surface area contributed by atoms with Gasteiger partial charge in [0.05, 0.1) is 12.0 Å². The van der Waals surface area contributed by atoms with E-state index in [-0.39, 0.29) is 17.9 Å². The molecule has 0 aliphatic heterocycles. The van der Waals surface area contributed by atoms with Gasteiger partial charge in [0.1, 0.15) is 0 Å². The zero-order chi connectivity index (χ0) is 20.1. The van der Waals surface area contributed by atoms with E-state index in [1.807, 2.05) is 36.4 Å². The zero-order valence-corrected chi connectivity index (χ0v) is 17.1. The summed E-state index contributed by atoms with van der Waals surface area (Å²) in [5, 5.41) is 3.41. The Kier molecular flexibility index (Phi) is 6.09. The molecule has 1 aliphatic carbocycles. The monoisotopic (exact) mass is 383 g/mol. The highest BCUT2D eigenvalue weighted by atomic mass is 16.2. The molecular formula is C27H29NO. The summed E-state index contributed by atoms with van der Waals surface area (Å²) in [6, 6.07) is 28.9. The quantitative estimate of drug-likeness (QED) is 0.541. The molecule has 2 atom stereocenters. The first-order valence-corrected chi connectivity index (χ1v) is 10.7. The van der Waals surface area contributed by atoms with Gasteiger partial charge in [0.2, 0.25) is 5.91 Å². The summed E-state index contributed by atoms with van der Waals surface area (Å²) in [5.74, 6) is 0.472. The molecule has 1 fully saturated rings. The third-order valence-electron chi connectivity index (χ3n) is 6.14. The fourth-order valence-corrected chi connectivity index (χ4v) is 4.58. The molecule has 0 heterocycles. The standard InChI is InChI=1S/C27H29NO/c1-20-16-18-24(19-17-20)26(23-14-6-3-7-15-23)28-27(29)25(22-12-8-9-13-22)21-10-4-2-5-11-21/h2-7,10-11,14-19,22,25-26H,8-9,12-13H2,1H3,(H,28,29)/t25-,26-/m0/s1. The van der Waals surface area contributed by atoms with Gasteiger partial charge in [0, 0.05) is 0 Å². The predicted octanol–water partition coefficient (Wildman–Crippen LogP) is 6.17. The van der Waals surface area contributed by atoms with E-state index in [9.17, 15) is 4.79 Å². The highest BCUT2D eigenvalue weighted by molar-refractivity contribution is 5.84. The van der Waals surface area contributed by atoms with Gasteiger partial charge in [-0.15, -0.1) is 0 Å². The number of amides is 1. The molecule has 0 bridgehead atoms. The average molecular weight is 384 g/mol. The van der Waals surface area contributed by atoms with Gasteiger partial charge in [-0.2, -0.15) is 0 Å². The molecular weight excluding hydrogens is 354 g/mol. The van der Waals surface area contributed by atoms with Crippen LogP contribution >= 0.6 is 0 Å². The van der Waals surface area contributed by atoms with Crippen LogP contribution in [0.5, 0.6) is 0 Å². The van der Waals surface area contributed by atoms with Gasteiger partial charge < -0.3 is 5.32 Å². The summed E-state index contributed by atoms with van der Waals surface area (Å²) >= 11 is 0. The van der Waals surface area contributed by atoms with Crippen LogP contribution in [0.3, 0.4) is 0 Å². The van der Waals surface area contributed by atoms with Crippen molar-refractivity contribution < 1.29 is 4.79 Å². The number of benzene rings is 3. The van der Waals surface area contributed by atoms with Crippen molar-refractivity contribution in [1.82, 2.24) is 5.32 Å². The van der Waals surface area contributed by atoms with Crippen LogP contribution in [-0.2, 0) is 4.79 Å². The molecule has 0 spiro atoms. The van der Waals surface area contributed by atoms with Crippen molar-refractivity contribution >= 4 is 5.91 Å². The van der Waals surface area contributed by atoms with E-state index in [2.05, 4.69) is 60.8 Å². The fraction of sp³-hybridized carbons (Fsp3) is 0.296. The minimum absolute atomic E-state index is 0.0876. The van der Waals surface area contributed by atoms with E-state index in [1.165, 1.54) is 18.4 Å². The summed E-state index contributed by atoms with van der Waals surface area (Å²) in [4.78, 5) is 13.6. The number of carbonyl (C=O) groups excluding carboxylic acids is 1. The van der Waals surface area contributed by atoms with Crippen molar-refractivity contribution in [2.45, 2.75) is 44.6 Å². The van der Waals surface area contributed by atoms with Gasteiger partial charge in [-0.3, -0.25) is 4.79 Å². The largest absolute Gasteiger partial charge is 0.345 e. The Morgan fingerprint density at radius 2 is 1.28 bits per heavy atom. The zero-order valence-electron chi connectivity index (χ0n) is 17.1. The summed E-state index contributed by atoms with van der Waals surface area (Å²) in [7, 11) is 0. The Labute approximate surface area is 174 Å².